The second kappa shape index (κ2) is 4.80. The molecule has 0 heteroatoms. The summed E-state index contributed by atoms with van der Waals surface area (Å²) in [5.74, 6) is 0. The van der Waals surface area contributed by atoms with Crippen molar-refractivity contribution in [2.24, 2.45) is 0 Å². The Labute approximate surface area is 96.9 Å². The Morgan fingerprint density at radius 2 is 1.81 bits per heavy atom. The van der Waals surface area contributed by atoms with Gasteiger partial charge in [-0.2, -0.15) is 0 Å². The minimum Gasteiger partial charge on any atom is -0.103 e. The Hall–Kier alpha value is -1.82. The zero-order valence-corrected chi connectivity index (χ0v) is 9.37. The van der Waals surface area contributed by atoms with Crippen LogP contribution in [0, 0.1) is 6.07 Å². The molecule has 0 spiro atoms. The highest BCUT2D eigenvalue weighted by molar-refractivity contribution is 5.83. The molecule has 0 unspecified atom stereocenters. The van der Waals surface area contributed by atoms with Gasteiger partial charge in [0.2, 0.25) is 0 Å². The predicted octanol–water partition coefficient (Wildman–Crippen LogP) is 4.10. The minimum absolute atomic E-state index is 0.869. The van der Waals surface area contributed by atoms with Crippen LogP contribution in [-0.2, 0) is 12.8 Å². The molecule has 0 heterocycles. The van der Waals surface area contributed by atoms with Gasteiger partial charge in [0.25, 0.3) is 0 Å². The van der Waals surface area contributed by atoms with E-state index in [0.717, 1.165) is 12.8 Å². The standard InChI is InChI=1S/C16H15/c1-3-7-13-11-15-9-5-6-10-16(15)12-14(13)8-4-2/h3-6,9-11H,1-2,7-8H2. The summed E-state index contributed by atoms with van der Waals surface area (Å²) in [5, 5.41) is 2.42. The number of hydrogen-bond donors (Lipinski definition) is 0. The number of rotatable bonds is 4. The van der Waals surface area contributed by atoms with E-state index >= 15 is 0 Å². The first kappa shape index (κ1) is 10.7. The van der Waals surface area contributed by atoms with Gasteiger partial charge in [0.05, 0.1) is 0 Å². The fraction of sp³-hybridized carbons (Fsp3) is 0.125. The van der Waals surface area contributed by atoms with Crippen molar-refractivity contribution in [1.29, 1.82) is 0 Å². The van der Waals surface area contributed by atoms with Gasteiger partial charge < -0.3 is 0 Å². The highest BCUT2D eigenvalue weighted by atomic mass is 14.1. The fourth-order valence-electron chi connectivity index (χ4n) is 1.92. The molecule has 0 saturated heterocycles. The summed E-state index contributed by atoms with van der Waals surface area (Å²) in [4.78, 5) is 0. The summed E-state index contributed by atoms with van der Waals surface area (Å²) < 4.78 is 0. The zero-order valence-electron chi connectivity index (χ0n) is 9.37. The summed E-state index contributed by atoms with van der Waals surface area (Å²) >= 11 is 0. The summed E-state index contributed by atoms with van der Waals surface area (Å²) in [5.41, 5.74) is 2.53. The van der Waals surface area contributed by atoms with Gasteiger partial charge in [0.1, 0.15) is 0 Å². The molecule has 2 rings (SSSR count). The van der Waals surface area contributed by atoms with E-state index in [1.165, 1.54) is 21.9 Å². The fourth-order valence-corrected chi connectivity index (χ4v) is 1.92. The van der Waals surface area contributed by atoms with Crippen LogP contribution in [-0.4, -0.2) is 0 Å². The van der Waals surface area contributed by atoms with Crippen molar-refractivity contribution in [3.05, 3.63) is 72.8 Å². The lowest BCUT2D eigenvalue weighted by molar-refractivity contribution is 1.16. The van der Waals surface area contributed by atoms with E-state index in [9.17, 15) is 0 Å². The lowest BCUT2D eigenvalue weighted by Crippen LogP contribution is -1.92. The van der Waals surface area contributed by atoms with Gasteiger partial charge in [-0.15, -0.1) is 13.2 Å². The van der Waals surface area contributed by atoms with E-state index in [4.69, 9.17) is 0 Å². The highest BCUT2D eigenvalue weighted by Crippen LogP contribution is 2.20. The van der Waals surface area contributed by atoms with Gasteiger partial charge in [-0.05, 0) is 40.8 Å². The molecule has 79 valence electrons. The van der Waals surface area contributed by atoms with Crippen LogP contribution in [0.4, 0.5) is 0 Å². The first-order valence-corrected chi connectivity index (χ1v) is 5.49. The van der Waals surface area contributed by atoms with Crippen molar-refractivity contribution in [2.45, 2.75) is 12.8 Å². The molecule has 0 nitrogen and oxygen atoms in total. The van der Waals surface area contributed by atoms with Crippen molar-refractivity contribution < 1.29 is 0 Å². The van der Waals surface area contributed by atoms with Gasteiger partial charge in [-0.25, -0.2) is 0 Å². The lowest BCUT2D eigenvalue weighted by Gasteiger charge is -2.07. The van der Waals surface area contributed by atoms with Crippen molar-refractivity contribution >= 4 is 10.8 Å². The molecule has 0 fully saturated rings. The van der Waals surface area contributed by atoms with Crippen molar-refractivity contribution in [3.63, 3.8) is 0 Å². The minimum atomic E-state index is 0.869. The van der Waals surface area contributed by atoms with Crippen LogP contribution in [0.15, 0.2) is 55.6 Å². The maximum Gasteiger partial charge on any atom is -0.00581 e. The number of hydrogen-bond acceptors (Lipinski definition) is 0. The number of allylic oxidation sites excluding steroid dienone is 2. The SMILES string of the molecule is C=CCc1[c]c2ccccc2cc1CC=C. The van der Waals surface area contributed by atoms with E-state index in [1.54, 1.807) is 0 Å². The van der Waals surface area contributed by atoms with Crippen LogP contribution in [0.1, 0.15) is 11.1 Å². The maximum atomic E-state index is 3.80. The number of benzene rings is 2. The van der Waals surface area contributed by atoms with Crippen molar-refractivity contribution in [1.82, 2.24) is 0 Å². The molecule has 1 radical (unpaired) electrons. The van der Waals surface area contributed by atoms with E-state index in [1.807, 2.05) is 18.2 Å². The Bertz CT molecular complexity index is 472. The first-order valence-electron chi connectivity index (χ1n) is 5.49. The van der Waals surface area contributed by atoms with Gasteiger partial charge >= 0.3 is 0 Å². The average molecular weight is 207 g/mol. The highest BCUT2D eigenvalue weighted by Gasteiger charge is 2.02. The van der Waals surface area contributed by atoms with Gasteiger partial charge in [-0.3, -0.25) is 0 Å². The van der Waals surface area contributed by atoms with Crippen LogP contribution >= 0.6 is 0 Å². The predicted molar refractivity (Wildman–Crippen MR) is 70.6 cm³/mol. The van der Waals surface area contributed by atoms with Crippen LogP contribution in [0.3, 0.4) is 0 Å². The Kier molecular flexibility index (Phi) is 3.21. The van der Waals surface area contributed by atoms with Crippen LogP contribution in [0.5, 0.6) is 0 Å². The largest absolute Gasteiger partial charge is 0.103 e. The van der Waals surface area contributed by atoms with E-state index in [2.05, 4.69) is 43.5 Å². The molecule has 0 bridgehead atoms. The molecular formula is C16H15. The molecular weight excluding hydrogens is 192 g/mol. The van der Waals surface area contributed by atoms with Crippen LogP contribution in [0.25, 0.3) is 10.8 Å². The van der Waals surface area contributed by atoms with E-state index in [-0.39, 0.29) is 0 Å². The Balaban J connectivity index is 2.60. The van der Waals surface area contributed by atoms with E-state index < -0.39 is 0 Å². The molecule has 16 heavy (non-hydrogen) atoms. The maximum absolute atomic E-state index is 3.80. The summed E-state index contributed by atoms with van der Waals surface area (Å²) in [7, 11) is 0. The van der Waals surface area contributed by atoms with Gasteiger partial charge in [-0.1, -0.05) is 42.5 Å². The molecule has 2 aromatic rings. The van der Waals surface area contributed by atoms with Gasteiger partial charge in [0.15, 0.2) is 0 Å². The van der Waals surface area contributed by atoms with Gasteiger partial charge in [0, 0.05) is 0 Å². The van der Waals surface area contributed by atoms with Crippen LogP contribution in [0.2, 0.25) is 0 Å². The third-order valence-electron chi connectivity index (χ3n) is 2.68. The monoisotopic (exact) mass is 207 g/mol. The Morgan fingerprint density at radius 3 is 2.56 bits per heavy atom. The molecule has 0 amide bonds. The molecule has 0 aliphatic rings. The van der Waals surface area contributed by atoms with Crippen molar-refractivity contribution in [2.75, 3.05) is 0 Å². The first-order chi connectivity index (χ1) is 7.85. The quantitative estimate of drug-likeness (QED) is 0.662. The smallest absolute Gasteiger partial charge is 0.00581 e. The summed E-state index contributed by atoms with van der Waals surface area (Å²) in [6.07, 6.45) is 5.62. The summed E-state index contributed by atoms with van der Waals surface area (Å²) in [6.45, 7) is 7.59. The number of fused-ring (bicyclic) bond motifs is 1. The Morgan fingerprint density at radius 1 is 1.06 bits per heavy atom. The van der Waals surface area contributed by atoms with Crippen molar-refractivity contribution in [3.8, 4) is 0 Å². The molecule has 2 aromatic carbocycles. The van der Waals surface area contributed by atoms with Crippen LogP contribution < -0.4 is 0 Å². The molecule has 0 aromatic heterocycles. The summed E-state index contributed by atoms with van der Waals surface area (Å²) in [6, 6.07) is 14.0. The second-order valence-corrected chi connectivity index (χ2v) is 3.85. The topological polar surface area (TPSA) is 0 Å². The molecule has 0 aliphatic heterocycles. The third-order valence-corrected chi connectivity index (χ3v) is 2.68. The molecule has 0 N–H and O–H groups in total. The zero-order chi connectivity index (χ0) is 11.4. The average Bonchev–Trinajstić information content (AvgIpc) is 2.30. The molecule has 0 aliphatic carbocycles. The molecule has 0 atom stereocenters. The van der Waals surface area contributed by atoms with E-state index in [0.29, 0.717) is 0 Å². The third kappa shape index (κ3) is 2.06. The normalized spacial score (nSPS) is 10.2. The molecule has 0 saturated carbocycles. The second-order valence-electron chi connectivity index (χ2n) is 3.85. The lowest BCUT2D eigenvalue weighted by atomic mass is 9.97.